The molecular weight excluding hydrogens is 338 g/mol. The maximum atomic E-state index is 12.7. The summed E-state index contributed by atoms with van der Waals surface area (Å²) >= 11 is 0. The third-order valence-corrected chi connectivity index (χ3v) is 6.75. The van der Waals surface area contributed by atoms with Crippen molar-refractivity contribution in [1.29, 1.82) is 0 Å². The number of nitrogens with one attached hydrogen (secondary N) is 1. The second-order valence-corrected chi connectivity index (χ2v) is 8.39. The first kappa shape index (κ1) is 17.5. The van der Waals surface area contributed by atoms with E-state index in [0.29, 0.717) is 29.8 Å². The number of anilines is 1. The zero-order valence-corrected chi connectivity index (χ0v) is 14.9. The molecule has 132 valence electrons. The largest absolute Gasteiger partial charge is 0.497 e. The Balaban J connectivity index is 1.80. The first-order valence-corrected chi connectivity index (χ1v) is 9.85. The highest BCUT2D eigenvalue weighted by atomic mass is 32.2. The maximum Gasteiger partial charge on any atom is 0.255 e. The van der Waals surface area contributed by atoms with Gasteiger partial charge in [0.05, 0.1) is 17.3 Å². The van der Waals surface area contributed by atoms with Crippen LogP contribution in [0.3, 0.4) is 0 Å². The quantitative estimate of drug-likeness (QED) is 0.884. The van der Waals surface area contributed by atoms with Gasteiger partial charge in [-0.2, -0.15) is 0 Å². The van der Waals surface area contributed by atoms with Gasteiger partial charge in [-0.3, -0.25) is 4.79 Å². The van der Waals surface area contributed by atoms with E-state index in [0.717, 1.165) is 12.8 Å². The van der Waals surface area contributed by atoms with Gasteiger partial charge in [0.15, 0.2) is 9.84 Å². The summed E-state index contributed by atoms with van der Waals surface area (Å²) in [5, 5.41) is 2.45. The summed E-state index contributed by atoms with van der Waals surface area (Å²) in [6.07, 6.45) is 3.33. The van der Waals surface area contributed by atoms with Crippen molar-refractivity contribution in [3.63, 3.8) is 0 Å². The van der Waals surface area contributed by atoms with Crippen LogP contribution in [-0.4, -0.2) is 26.7 Å². The lowest BCUT2D eigenvalue weighted by atomic mass is 10.2. The zero-order valence-electron chi connectivity index (χ0n) is 14.1. The Morgan fingerprint density at radius 3 is 2.52 bits per heavy atom. The van der Waals surface area contributed by atoms with Crippen molar-refractivity contribution in [2.45, 2.75) is 35.8 Å². The van der Waals surface area contributed by atoms with Crippen LogP contribution in [0.1, 0.15) is 36.0 Å². The average Bonchev–Trinajstić information content (AvgIpc) is 3.17. The number of amides is 1. The van der Waals surface area contributed by atoms with Crippen LogP contribution in [0.2, 0.25) is 0 Å². The number of carbonyl (C=O) groups is 1. The van der Waals surface area contributed by atoms with Crippen LogP contribution in [0.5, 0.6) is 5.75 Å². The van der Waals surface area contributed by atoms with E-state index in [1.54, 1.807) is 42.5 Å². The molecule has 0 radical (unpaired) electrons. The van der Waals surface area contributed by atoms with Gasteiger partial charge in [-0.25, -0.2) is 8.42 Å². The van der Waals surface area contributed by atoms with Gasteiger partial charge >= 0.3 is 0 Å². The van der Waals surface area contributed by atoms with Gasteiger partial charge < -0.3 is 10.1 Å². The van der Waals surface area contributed by atoms with E-state index in [2.05, 4.69) is 5.32 Å². The van der Waals surface area contributed by atoms with E-state index in [-0.39, 0.29) is 16.1 Å². The van der Waals surface area contributed by atoms with Crippen LogP contribution in [0.25, 0.3) is 0 Å². The van der Waals surface area contributed by atoms with E-state index in [9.17, 15) is 13.2 Å². The maximum absolute atomic E-state index is 12.7. The van der Waals surface area contributed by atoms with E-state index in [1.165, 1.54) is 13.2 Å². The molecule has 5 nitrogen and oxygen atoms in total. The minimum absolute atomic E-state index is 0.267. The normalized spacial score (nSPS) is 15.1. The summed E-state index contributed by atoms with van der Waals surface area (Å²) in [5.74, 6) is 0.277. The topological polar surface area (TPSA) is 72.5 Å². The molecule has 0 bridgehead atoms. The Labute approximate surface area is 147 Å². The number of benzene rings is 2. The van der Waals surface area contributed by atoms with Crippen LogP contribution in [0, 0.1) is 0 Å². The zero-order chi connectivity index (χ0) is 17.9. The molecule has 2 aromatic carbocycles. The van der Waals surface area contributed by atoms with Gasteiger partial charge in [-0.05, 0) is 49.2 Å². The molecule has 0 heterocycles. The molecular formula is C19H21NO4S. The van der Waals surface area contributed by atoms with E-state index < -0.39 is 9.84 Å². The second kappa shape index (κ2) is 7.27. The lowest BCUT2D eigenvalue weighted by Crippen LogP contribution is -2.18. The molecule has 0 spiro atoms. The summed E-state index contributed by atoms with van der Waals surface area (Å²) in [4.78, 5) is 12.6. The summed E-state index contributed by atoms with van der Waals surface area (Å²) in [6.45, 7) is 0. The fourth-order valence-electron chi connectivity index (χ4n) is 3.11. The molecule has 0 aromatic heterocycles. The van der Waals surface area contributed by atoms with Crippen molar-refractivity contribution in [2.24, 2.45) is 0 Å². The SMILES string of the molecule is COc1cccc(C(=O)Nc2cccc(S(=O)(=O)C3CCCC3)c2)c1. The van der Waals surface area contributed by atoms with Crippen LogP contribution in [0.4, 0.5) is 5.69 Å². The Morgan fingerprint density at radius 1 is 1.08 bits per heavy atom. The molecule has 0 saturated heterocycles. The monoisotopic (exact) mass is 359 g/mol. The molecule has 1 saturated carbocycles. The average molecular weight is 359 g/mol. The Bertz CT molecular complexity index is 870. The fourth-order valence-corrected chi connectivity index (χ4v) is 5.01. The number of methoxy groups -OCH3 is 1. The minimum atomic E-state index is -3.34. The molecule has 1 aliphatic rings. The standard InChI is InChI=1S/C19H21NO4S/c1-24-16-8-4-6-14(12-16)19(21)20-15-7-5-11-18(13-15)25(22,23)17-9-2-3-10-17/h4-8,11-13,17H,2-3,9-10H2,1H3,(H,20,21). The van der Waals surface area contributed by atoms with Gasteiger partial charge in [0.25, 0.3) is 5.91 Å². The van der Waals surface area contributed by atoms with Crippen molar-refractivity contribution in [3.05, 3.63) is 54.1 Å². The minimum Gasteiger partial charge on any atom is -0.497 e. The molecule has 3 rings (SSSR count). The van der Waals surface area contributed by atoms with Crippen molar-refractivity contribution in [3.8, 4) is 5.75 Å². The number of ether oxygens (including phenoxy) is 1. The smallest absolute Gasteiger partial charge is 0.255 e. The predicted octanol–water partition coefficient (Wildman–Crippen LogP) is 3.66. The molecule has 6 heteroatoms. The number of hydrogen-bond donors (Lipinski definition) is 1. The third kappa shape index (κ3) is 3.85. The molecule has 25 heavy (non-hydrogen) atoms. The van der Waals surface area contributed by atoms with Crippen LogP contribution in [-0.2, 0) is 9.84 Å². The molecule has 1 fully saturated rings. The Kier molecular flexibility index (Phi) is 5.08. The molecule has 0 atom stereocenters. The molecule has 2 aromatic rings. The predicted molar refractivity (Wildman–Crippen MR) is 96.8 cm³/mol. The highest BCUT2D eigenvalue weighted by molar-refractivity contribution is 7.92. The Morgan fingerprint density at radius 2 is 1.80 bits per heavy atom. The third-order valence-electron chi connectivity index (χ3n) is 4.49. The van der Waals surface area contributed by atoms with Gasteiger partial charge in [0.2, 0.25) is 0 Å². The lowest BCUT2D eigenvalue weighted by molar-refractivity contribution is 0.102. The molecule has 1 amide bonds. The lowest BCUT2D eigenvalue weighted by Gasteiger charge is -2.13. The summed E-state index contributed by atoms with van der Waals surface area (Å²) < 4.78 is 30.5. The molecule has 1 N–H and O–H groups in total. The molecule has 0 aliphatic heterocycles. The van der Waals surface area contributed by atoms with E-state index in [1.807, 2.05) is 0 Å². The van der Waals surface area contributed by atoms with Crippen molar-refractivity contribution in [2.75, 3.05) is 12.4 Å². The number of sulfone groups is 1. The first-order chi connectivity index (χ1) is 12.0. The first-order valence-electron chi connectivity index (χ1n) is 8.30. The van der Waals surface area contributed by atoms with Gasteiger partial charge in [-0.1, -0.05) is 25.0 Å². The second-order valence-electron chi connectivity index (χ2n) is 6.17. The highest BCUT2D eigenvalue weighted by Crippen LogP contribution is 2.30. The van der Waals surface area contributed by atoms with E-state index >= 15 is 0 Å². The number of hydrogen-bond acceptors (Lipinski definition) is 4. The van der Waals surface area contributed by atoms with E-state index in [4.69, 9.17) is 4.74 Å². The summed E-state index contributed by atoms with van der Waals surface area (Å²) in [6, 6.07) is 13.3. The highest BCUT2D eigenvalue weighted by Gasteiger charge is 2.30. The van der Waals surface area contributed by atoms with Crippen LogP contribution < -0.4 is 10.1 Å². The van der Waals surface area contributed by atoms with Crippen molar-refractivity contribution < 1.29 is 17.9 Å². The Hall–Kier alpha value is -2.34. The van der Waals surface area contributed by atoms with Crippen molar-refractivity contribution in [1.82, 2.24) is 0 Å². The fraction of sp³-hybridized carbons (Fsp3) is 0.316. The van der Waals surface area contributed by atoms with Gasteiger partial charge in [0.1, 0.15) is 5.75 Å². The van der Waals surface area contributed by atoms with Crippen molar-refractivity contribution >= 4 is 21.4 Å². The number of carbonyl (C=O) groups excluding carboxylic acids is 1. The molecule has 0 unspecified atom stereocenters. The van der Waals surface area contributed by atoms with Gasteiger partial charge in [0, 0.05) is 11.3 Å². The molecule has 1 aliphatic carbocycles. The van der Waals surface area contributed by atoms with Crippen LogP contribution >= 0.6 is 0 Å². The van der Waals surface area contributed by atoms with Gasteiger partial charge in [-0.15, -0.1) is 0 Å². The van der Waals surface area contributed by atoms with Crippen LogP contribution in [0.15, 0.2) is 53.4 Å². The summed E-state index contributed by atoms with van der Waals surface area (Å²) in [5.41, 5.74) is 0.912. The number of rotatable bonds is 5. The summed E-state index contributed by atoms with van der Waals surface area (Å²) in [7, 11) is -1.81.